The number of carbonyl (C=O) groups excluding carboxylic acids is 1. The number of rotatable bonds is 7. The van der Waals surface area contributed by atoms with E-state index in [9.17, 15) is 13.2 Å². The van der Waals surface area contributed by atoms with Crippen LogP contribution < -0.4 is 25.6 Å². The van der Waals surface area contributed by atoms with E-state index in [2.05, 4.69) is 36.8 Å². The first-order chi connectivity index (χ1) is 13.8. The average Bonchev–Trinajstić information content (AvgIpc) is 3.18. The van der Waals surface area contributed by atoms with Gasteiger partial charge in [0.1, 0.15) is 17.2 Å². The lowest BCUT2D eigenvalue weighted by Gasteiger charge is -2.14. The Morgan fingerprint density at radius 2 is 1.86 bits per heavy atom. The van der Waals surface area contributed by atoms with Gasteiger partial charge in [0.05, 0.1) is 6.61 Å². The molecule has 0 bridgehead atoms. The number of halogens is 1. The van der Waals surface area contributed by atoms with Gasteiger partial charge in [-0.3, -0.25) is 9.52 Å². The number of hydrogen-bond acceptors (Lipinski definition) is 6. The summed E-state index contributed by atoms with van der Waals surface area (Å²) in [5, 5.41) is 1.85. The van der Waals surface area contributed by atoms with Crippen molar-refractivity contribution >= 4 is 43.2 Å². The Labute approximate surface area is 178 Å². The lowest BCUT2D eigenvalue weighted by Crippen LogP contribution is -2.42. The molecule has 0 radical (unpaired) electrons. The zero-order chi connectivity index (χ0) is 21.0. The van der Waals surface area contributed by atoms with Crippen molar-refractivity contribution in [2.45, 2.75) is 31.7 Å². The topological polar surface area (TPSA) is 109 Å². The molecule has 2 aromatic rings. The summed E-state index contributed by atoms with van der Waals surface area (Å²) in [6, 6.07) is 11.4. The van der Waals surface area contributed by atoms with Crippen LogP contribution >= 0.6 is 15.9 Å². The van der Waals surface area contributed by atoms with Crippen LogP contribution in [0.3, 0.4) is 0 Å². The number of sulfonamides is 1. The quantitative estimate of drug-likeness (QED) is 0.483. The Morgan fingerprint density at radius 1 is 1.17 bits per heavy atom. The van der Waals surface area contributed by atoms with Crippen molar-refractivity contribution in [3.05, 3.63) is 52.5 Å². The molecule has 0 spiro atoms. The summed E-state index contributed by atoms with van der Waals surface area (Å²) in [4.78, 5) is 12.5. The van der Waals surface area contributed by atoms with Gasteiger partial charge in [0.25, 0.3) is 0 Å². The summed E-state index contributed by atoms with van der Waals surface area (Å²) >= 11 is 3.41. The van der Waals surface area contributed by atoms with E-state index in [1.165, 1.54) is 0 Å². The SMILES string of the molecule is CCOc1ccc(NS(=O)(=O)C2CC(C(=O)Nc3ccc(Br)c(C)c3)NN2)cc1. The monoisotopic (exact) mass is 482 g/mol. The van der Waals surface area contributed by atoms with Crippen LogP contribution in [0.2, 0.25) is 0 Å². The van der Waals surface area contributed by atoms with E-state index in [-0.39, 0.29) is 12.3 Å². The highest BCUT2D eigenvalue weighted by molar-refractivity contribution is 9.10. The molecule has 8 nitrogen and oxygen atoms in total. The smallest absolute Gasteiger partial charge is 0.250 e. The van der Waals surface area contributed by atoms with Crippen molar-refractivity contribution in [2.75, 3.05) is 16.6 Å². The van der Waals surface area contributed by atoms with Crippen LogP contribution in [0.15, 0.2) is 46.9 Å². The molecular formula is C19H23BrN4O4S. The number of anilines is 2. The molecule has 3 rings (SSSR count). The van der Waals surface area contributed by atoms with Crippen LogP contribution in [-0.2, 0) is 14.8 Å². The van der Waals surface area contributed by atoms with Crippen LogP contribution in [0.25, 0.3) is 0 Å². The standard InChI is InChI=1S/C19H23BrN4O4S/c1-3-28-15-7-4-13(5-8-15)24-29(26,27)18-11-17(22-23-18)19(25)21-14-6-9-16(20)12(2)10-14/h4-10,17-18,22-24H,3,11H2,1-2H3,(H,21,25). The molecule has 1 saturated heterocycles. The van der Waals surface area contributed by atoms with Crippen LogP contribution in [0.1, 0.15) is 18.9 Å². The Hall–Kier alpha value is -2.14. The first kappa shape index (κ1) is 21.6. The highest BCUT2D eigenvalue weighted by atomic mass is 79.9. The number of nitrogens with one attached hydrogen (secondary N) is 4. The Balaban J connectivity index is 1.59. The van der Waals surface area contributed by atoms with Gasteiger partial charge in [0, 0.05) is 22.3 Å². The number of carbonyl (C=O) groups is 1. The minimum atomic E-state index is -3.74. The van der Waals surface area contributed by atoms with Gasteiger partial charge < -0.3 is 10.1 Å². The zero-order valence-corrected chi connectivity index (χ0v) is 18.4. The van der Waals surface area contributed by atoms with Gasteiger partial charge in [0.2, 0.25) is 15.9 Å². The van der Waals surface area contributed by atoms with Crippen LogP contribution in [0.5, 0.6) is 5.75 Å². The molecule has 1 heterocycles. The van der Waals surface area contributed by atoms with Crippen LogP contribution in [0, 0.1) is 6.92 Å². The number of aryl methyl sites for hydroxylation is 1. The summed E-state index contributed by atoms with van der Waals surface area (Å²) < 4.78 is 34.1. The maximum absolute atomic E-state index is 12.6. The molecule has 10 heteroatoms. The minimum Gasteiger partial charge on any atom is -0.494 e. The minimum absolute atomic E-state index is 0.0910. The molecule has 2 aromatic carbocycles. The highest BCUT2D eigenvalue weighted by Gasteiger charge is 2.37. The van der Waals surface area contributed by atoms with Gasteiger partial charge in [-0.05, 0) is 61.9 Å². The Morgan fingerprint density at radius 3 is 2.52 bits per heavy atom. The first-order valence-electron chi connectivity index (χ1n) is 9.11. The predicted octanol–water partition coefficient (Wildman–Crippen LogP) is 2.73. The fourth-order valence-corrected chi connectivity index (χ4v) is 4.40. The molecule has 1 aliphatic rings. The van der Waals surface area contributed by atoms with Gasteiger partial charge >= 0.3 is 0 Å². The third kappa shape index (κ3) is 5.47. The Bertz CT molecular complexity index is 982. The fraction of sp³-hybridized carbons (Fsp3) is 0.316. The van der Waals surface area contributed by atoms with Crippen molar-refractivity contribution in [3.8, 4) is 5.75 Å². The molecular weight excluding hydrogens is 460 g/mol. The van der Waals surface area contributed by atoms with E-state index >= 15 is 0 Å². The summed E-state index contributed by atoms with van der Waals surface area (Å²) in [6.07, 6.45) is 0.0910. The second kappa shape index (κ2) is 9.12. The van der Waals surface area contributed by atoms with Crippen molar-refractivity contribution in [2.24, 2.45) is 0 Å². The zero-order valence-electron chi connectivity index (χ0n) is 16.0. The maximum atomic E-state index is 12.6. The summed E-state index contributed by atoms with van der Waals surface area (Å²) in [6.45, 7) is 4.33. The number of benzene rings is 2. The summed E-state index contributed by atoms with van der Waals surface area (Å²) in [5.74, 6) is 0.356. The Kier molecular flexibility index (Phi) is 6.78. The van der Waals surface area contributed by atoms with E-state index in [1.807, 2.05) is 26.0 Å². The van der Waals surface area contributed by atoms with E-state index in [4.69, 9.17) is 4.74 Å². The molecule has 0 aromatic heterocycles. The number of hydrogen-bond donors (Lipinski definition) is 4. The first-order valence-corrected chi connectivity index (χ1v) is 11.4. The average molecular weight is 483 g/mol. The third-order valence-electron chi connectivity index (χ3n) is 4.41. The van der Waals surface area contributed by atoms with Gasteiger partial charge in [-0.15, -0.1) is 0 Å². The molecule has 29 heavy (non-hydrogen) atoms. The molecule has 2 atom stereocenters. The molecule has 0 aliphatic carbocycles. The molecule has 4 N–H and O–H groups in total. The molecule has 1 fully saturated rings. The molecule has 1 aliphatic heterocycles. The predicted molar refractivity (Wildman–Crippen MR) is 116 cm³/mol. The molecule has 2 unspecified atom stereocenters. The van der Waals surface area contributed by atoms with E-state index in [0.717, 1.165) is 10.0 Å². The normalized spacial score (nSPS) is 19.0. The van der Waals surface area contributed by atoms with E-state index in [0.29, 0.717) is 23.7 Å². The van der Waals surface area contributed by atoms with E-state index < -0.39 is 21.4 Å². The van der Waals surface area contributed by atoms with Gasteiger partial charge in [-0.25, -0.2) is 19.3 Å². The van der Waals surface area contributed by atoms with Crippen LogP contribution in [-0.4, -0.2) is 32.3 Å². The van der Waals surface area contributed by atoms with Gasteiger partial charge in [-0.2, -0.15) is 0 Å². The second-order valence-electron chi connectivity index (χ2n) is 6.62. The number of hydrazine groups is 1. The third-order valence-corrected chi connectivity index (χ3v) is 6.88. The number of ether oxygens (including phenoxy) is 1. The van der Waals surface area contributed by atoms with Crippen molar-refractivity contribution < 1.29 is 17.9 Å². The van der Waals surface area contributed by atoms with Crippen LogP contribution in [0.4, 0.5) is 11.4 Å². The fourth-order valence-electron chi connectivity index (χ4n) is 2.88. The maximum Gasteiger partial charge on any atom is 0.250 e. The lowest BCUT2D eigenvalue weighted by atomic mass is 10.2. The molecule has 156 valence electrons. The van der Waals surface area contributed by atoms with Gasteiger partial charge in [-0.1, -0.05) is 15.9 Å². The molecule has 0 saturated carbocycles. The molecule has 1 amide bonds. The van der Waals surface area contributed by atoms with Gasteiger partial charge in [0.15, 0.2) is 0 Å². The van der Waals surface area contributed by atoms with Crippen molar-refractivity contribution in [1.29, 1.82) is 0 Å². The largest absolute Gasteiger partial charge is 0.494 e. The summed E-state index contributed by atoms with van der Waals surface area (Å²) in [5.41, 5.74) is 7.51. The lowest BCUT2D eigenvalue weighted by molar-refractivity contribution is -0.117. The highest BCUT2D eigenvalue weighted by Crippen LogP contribution is 2.22. The second-order valence-corrected chi connectivity index (χ2v) is 9.34. The van der Waals surface area contributed by atoms with Crippen molar-refractivity contribution in [3.63, 3.8) is 0 Å². The number of amides is 1. The van der Waals surface area contributed by atoms with Crippen molar-refractivity contribution in [1.82, 2.24) is 10.9 Å². The van der Waals surface area contributed by atoms with E-state index in [1.54, 1.807) is 30.3 Å². The summed E-state index contributed by atoms with van der Waals surface area (Å²) in [7, 11) is -3.74.